The lowest BCUT2D eigenvalue weighted by atomic mass is 10.2. The van der Waals surface area contributed by atoms with Crippen LogP contribution >= 0.6 is 0 Å². The van der Waals surface area contributed by atoms with E-state index in [-0.39, 0.29) is 6.61 Å². The second kappa shape index (κ2) is 4.16. The third kappa shape index (κ3) is 1.83. The number of rotatable bonds is 2. The highest BCUT2D eigenvalue weighted by Gasteiger charge is 2.08. The number of nitrogens with two attached hydrogens (primary N) is 1. The molecular weight excluding hydrogens is 228 g/mol. The number of oxazole rings is 1. The second-order valence-electron chi connectivity index (χ2n) is 4.10. The summed E-state index contributed by atoms with van der Waals surface area (Å²) in [6, 6.07) is 12.8. The average molecular weight is 240 g/mol. The van der Waals surface area contributed by atoms with E-state index in [1.54, 1.807) is 0 Å². The maximum absolute atomic E-state index is 9.08. The van der Waals surface area contributed by atoms with Crippen LogP contribution in [-0.4, -0.2) is 10.1 Å². The van der Waals surface area contributed by atoms with Crippen molar-refractivity contribution in [3.8, 4) is 11.5 Å². The first-order chi connectivity index (χ1) is 8.76. The molecule has 0 spiro atoms. The summed E-state index contributed by atoms with van der Waals surface area (Å²) >= 11 is 0. The van der Waals surface area contributed by atoms with Crippen LogP contribution in [0.25, 0.3) is 22.6 Å². The molecule has 0 unspecified atom stereocenters. The van der Waals surface area contributed by atoms with E-state index in [4.69, 9.17) is 15.3 Å². The lowest BCUT2D eigenvalue weighted by Gasteiger charge is -1.95. The number of hydrogen-bond acceptors (Lipinski definition) is 4. The molecule has 3 rings (SSSR count). The van der Waals surface area contributed by atoms with E-state index < -0.39 is 0 Å². The molecule has 0 saturated heterocycles. The molecule has 0 fully saturated rings. The van der Waals surface area contributed by atoms with Crippen LogP contribution in [0.4, 0.5) is 5.69 Å². The minimum atomic E-state index is 0.00000384. The van der Waals surface area contributed by atoms with Gasteiger partial charge in [-0.2, -0.15) is 0 Å². The van der Waals surface area contributed by atoms with Crippen molar-refractivity contribution in [3.05, 3.63) is 48.0 Å². The van der Waals surface area contributed by atoms with Gasteiger partial charge in [-0.05, 0) is 42.0 Å². The maximum atomic E-state index is 9.08. The van der Waals surface area contributed by atoms with E-state index in [1.807, 2.05) is 42.5 Å². The van der Waals surface area contributed by atoms with Gasteiger partial charge in [0.15, 0.2) is 5.58 Å². The summed E-state index contributed by atoms with van der Waals surface area (Å²) in [5.41, 5.74) is 9.50. The highest BCUT2D eigenvalue weighted by atomic mass is 16.3. The zero-order valence-corrected chi connectivity index (χ0v) is 9.63. The first kappa shape index (κ1) is 10.8. The van der Waals surface area contributed by atoms with Crippen LogP contribution in [0.1, 0.15) is 5.56 Å². The van der Waals surface area contributed by atoms with Crippen molar-refractivity contribution in [2.45, 2.75) is 6.61 Å². The Kier molecular flexibility index (Phi) is 2.50. The van der Waals surface area contributed by atoms with Gasteiger partial charge in [0.25, 0.3) is 0 Å². The number of hydrogen-bond donors (Lipinski definition) is 2. The monoisotopic (exact) mass is 240 g/mol. The molecule has 0 aliphatic carbocycles. The van der Waals surface area contributed by atoms with Gasteiger partial charge in [0, 0.05) is 11.3 Å². The van der Waals surface area contributed by atoms with Gasteiger partial charge >= 0.3 is 0 Å². The molecule has 4 nitrogen and oxygen atoms in total. The molecule has 2 aromatic carbocycles. The molecule has 3 aromatic rings. The number of aromatic nitrogens is 1. The number of anilines is 1. The molecule has 0 atom stereocenters. The molecular formula is C14H12N2O2. The molecule has 4 heteroatoms. The summed E-state index contributed by atoms with van der Waals surface area (Å²) in [5.74, 6) is 0.556. The fourth-order valence-corrected chi connectivity index (χ4v) is 1.82. The molecule has 0 aliphatic rings. The lowest BCUT2D eigenvalue weighted by molar-refractivity contribution is 0.282. The van der Waals surface area contributed by atoms with Gasteiger partial charge in [-0.25, -0.2) is 4.98 Å². The van der Waals surface area contributed by atoms with Crippen molar-refractivity contribution < 1.29 is 9.52 Å². The third-order valence-corrected chi connectivity index (χ3v) is 2.79. The standard InChI is InChI=1S/C14H12N2O2/c15-11-4-2-10(3-5-11)14-16-12-7-9(8-17)1-6-13(12)18-14/h1-7,17H,8,15H2. The summed E-state index contributed by atoms with van der Waals surface area (Å²) in [5, 5.41) is 9.08. The molecule has 0 saturated carbocycles. The van der Waals surface area contributed by atoms with E-state index in [2.05, 4.69) is 4.98 Å². The fourth-order valence-electron chi connectivity index (χ4n) is 1.82. The van der Waals surface area contributed by atoms with Crippen molar-refractivity contribution in [1.82, 2.24) is 4.98 Å². The number of aliphatic hydroxyl groups excluding tert-OH is 1. The van der Waals surface area contributed by atoms with Gasteiger partial charge in [-0.1, -0.05) is 6.07 Å². The van der Waals surface area contributed by atoms with Crippen LogP contribution in [0.3, 0.4) is 0 Å². The van der Waals surface area contributed by atoms with Gasteiger partial charge in [-0.15, -0.1) is 0 Å². The van der Waals surface area contributed by atoms with Crippen LogP contribution in [0.15, 0.2) is 46.9 Å². The summed E-state index contributed by atoms with van der Waals surface area (Å²) in [6.07, 6.45) is 0. The van der Waals surface area contributed by atoms with Crippen molar-refractivity contribution in [2.24, 2.45) is 0 Å². The molecule has 0 aliphatic heterocycles. The highest BCUT2D eigenvalue weighted by molar-refractivity contribution is 5.77. The van der Waals surface area contributed by atoms with E-state index in [9.17, 15) is 0 Å². The molecule has 1 aromatic heterocycles. The summed E-state index contributed by atoms with van der Waals surface area (Å²) in [4.78, 5) is 4.40. The fraction of sp³-hybridized carbons (Fsp3) is 0.0714. The third-order valence-electron chi connectivity index (χ3n) is 2.79. The van der Waals surface area contributed by atoms with Crippen LogP contribution in [0, 0.1) is 0 Å². The predicted molar refractivity (Wildman–Crippen MR) is 69.8 cm³/mol. The van der Waals surface area contributed by atoms with Gasteiger partial charge in [0.2, 0.25) is 5.89 Å². The normalized spacial score (nSPS) is 10.9. The Hall–Kier alpha value is -2.33. The number of aliphatic hydroxyl groups is 1. The van der Waals surface area contributed by atoms with E-state index >= 15 is 0 Å². The number of fused-ring (bicyclic) bond motifs is 1. The van der Waals surface area contributed by atoms with Gasteiger partial charge < -0.3 is 15.3 Å². The van der Waals surface area contributed by atoms with E-state index in [1.165, 1.54) is 0 Å². The summed E-state index contributed by atoms with van der Waals surface area (Å²) in [7, 11) is 0. The quantitative estimate of drug-likeness (QED) is 0.675. The minimum absolute atomic E-state index is 0.00000384. The number of nitrogen functional groups attached to an aromatic ring is 1. The molecule has 1 heterocycles. The minimum Gasteiger partial charge on any atom is -0.436 e. The van der Waals surface area contributed by atoms with Crippen molar-refractivity contribution in [3.63, 3.8) is 0 Å². The Morgan fingerprint density at radius 2 is 1.89 bits per heavy atom. The highest BCUT2D eigenvalue weighted by Crippen LogP contribution is 2.25. The molecule has 90 valence electrons. The topological polar surface area (TPSA) is 72.3 Å². The Bertz CT molecular complexity index is 687. The van der Waals surface area contributed by atoms with Gasteiger partial charge in [0.05, 0.1) is 6.61 Å². The Labute approximate surface area is 104 Å². The smallest absolute Gasteiger partial charge is 0.227 e. The van der Waals surface area contributed by atoms with Gasteiger partial charge in [-0.3, -0.25) is 0 Å². The Morgan fingerprint density at radius 3 is 2.61 bits per heavy atom. The zero-order valence-electron chi connectivity index (χ0n) is 9.63. The SMILES string of the molecule is Nc1ccc(-c2nc3cc(CO)ccc3o2)cc1. The van der Waals surface area contributed by atoms with Crippen LogP contribution in [0.5, 0.6) is 0 Å². The first-order valence-corrected chi connectivity index (χ1v) is 5.62. The Morgan fingerprint density at radius 1 is 1.11 bits per heavy atom. The molecule has 0 amide bonds. The summed E-state index contributed by atoms with van der Waals surface area (Å²) < 4.78 is 5.66. The largest absolute Gasteiger partial charge is 0.436 e. The first-order valence-electron chi connectivity index (χ1n) is 5.62. The maximum Gasteiger partial charge on any atom is 0.227 e. The molecule has 18 heavy (non-hydrogen) atoms. The van der Waals surface area contributed by atoms with Crippen LogP contribution in [-0.2, 0) is 6.61 Å². The van der Waals surface area contributed by atoms with E-state index in [0.717, 1.165) is 16.6 Å². The molecule has 0 radical (unpaired) electrons. The van der Waals surface area contributed by atoms with Crippen molar-refractivity contribution >= 4 is 16.8 Å². The van der Waals surface area contributed by atoms with Crippen LogP contribution in [0.2, 0.25) is 0 Å². The summed E-state index contributed by atoms with van der Waals surface area (Å²) in [6.45, 7) is 0.00000384. The molecule has 3 N–H and O–H groups in total. The lowest BCUT2D eigenvalue weighted by Crippen LogP contribution is -1.83. The average Bonchev–Trinajstić information content (AvgIpc) is 2.82. The number of nitrogens with zero attached hydrogens (tertiary/aromatic N) is 1. The second-order valence-corrected chi connectivity index (χ2v) is 4.10. The van der Waals surface area contributed by atoms with Crippen molar-refractivity contribution in [2.75, 3.05) is 5.73 Å². The van der Waals surface area contributed by atoms with Crippen molar-refractivity contribution in [1.29, 1.82) is 0 Å². The predicted octanol–water partition coefficient (Wildman–Crippen LogP) is 2.57. The number of benzene rings is 2. The Balaban J connectivity index is 2.10. The molecule has 0 bridgehead atoms. The van der Waals surface area contributed by atoms with Gasteiger partial charge in [0.1, 0.15) is 5.52 Å². The zero-order chi connectivity index (χ0) is 12.5. The van der Waals surface area contributed by atoms with Crippen LogP contribution < -0.4 is 5.73 Å². The van der Waals surface area contributed by atoms with E-state index in [0.29, 0.717) is 17.2 Å².